The van der Waals surface area contributed by atoms with Crippen molar-refractivity contribution in [2.75, 3.05) is 25.0 Å². The molecule has 1 heterocycles. The fourth-order valence-electron chi connectivity index (χ4n) is 3.60. The number of aryl methyl sites for hydroxylation is 1. The molecule has 0 unspecified atom stereocenters. The maximum Gasteiger partial charge on any atom is 0.244 e. The zero-order chi connectivity index (χ0) is 19.8. The molecule has 0 aliphatic carbocycles. The number of nitrogens with zero attached hydrogens (tertiary/aromatic N) is 2. The maximum absolute atomic E-state index is 12.4. The Hall–Kier alpha value is -2.82. The first-order valence-electron chi connectivity index (χ1n) is 10.1. The average Bonchev–Trinajstić information content (AvgIpc) is 2.74. The average molecular weight is 379 g/mol. The highest BCUT2D eigenvalue weighted by molar-refractivity contribution is 5.93. The lowest BCUT2D eigenvalue weighted by atomic mass is 9.90. The highest BCUT2D eigenvalue weighted by Gasteiger charge is 2.22. The standard InChI is InChI=1S/C23H30N4O/c1-2-18-8-10-21(11-9-18)26-23(24)25-17-22(28)27-14-12-20(13-15-27)16-19-6-4-3-5-7-19/h3-11,20H,2,12-17H2,1H3,(H3,24,25,26). The van der Waals surface area contributed by atoms with Crippen LogP contribution in [0.4, 0.5) is 5.69 Å². The van der Waals surface area contributed by atoms with Crippen LogP contribution in [0, 0.1) is 5.92 Å². The molecule has 2 aromatic rings. The summed E-state index contributed by atoms with van der Waals surface area (Å²) in [5.41, 5.74) is 9.46. The molecule has 148 valence electrons. The Bertz CT molecular complexity index is 778. The first-order valence-corrected chi connectivity index (χ1v) is 10.1. The van der Waals surface area contributed by atoms with Gasteiger partial charge in [0.1, 0.15) is 6.54 Å². The molecule has 1 amide bonds. The van der Waals surface area contributed by atoms with Crippen molar-refractivity contribution < 1.29 is 4.79 Å². The second-order valence-corrected chi connectivity index (χ2v) is 7.39. The molecular formula is C23H30N4O. The molecule has 3 rings (SSSR count). The number of carbonyl (C=O) groups is 1. The van der Waals surface area contributed by atoms with Gasteiger partial charge in [0.15, 0.2) is 5.96 Å². The molecule has 0 aromatic heterocycles. The molecule has 3 N–H and O–H groups in total. The summed E-state index contributed by atoms with van der Waals surface area (Å²) in [6.07, 6.45) is 4.18. The van der Waals surface area contributed by atoms with E-state index in [1.807, 2.05) is 23.1 Å². The summed E-state index contributed by atoms with van der Waals surface area (Å²) in [7, 11) is 0. The Morgan fingerprint density at radius 1 is 1.07 bits per heavy atom. The summed E-state index contributed by atoms with van der Waals surface area (Å²) in [6, 6.07) is 18.6. The van der Waals surface area contributed by atoms with E-state index in [0.29, 0.717) is 5.92 Å². The molecule has 0 radical (unpaired) electrons. The summed E-state index contributed by atoms with van der Waals surface area (Å²) < 4.78 is 0. The van der Waals surface area contributed by atoms with Crippen molar-refractivity contribution >= 4 is 17.6 Å². The fraction of sp³-hybridized carbons (Fsp3) is 0.391. The molecule has 5 heteroatoms. The van der Waals surface area contributed by atoms with Crippen molar-refractivity contribution in [1.82, 2.24) is 4.90 Å². The molecule has 1 fully saturated rings. The zero-order valence-corrected chi connectivity index (χ0v) is 16.6. The van der Waals surface area contributed by atoms with E-state index in [-0.39, 0.29) is 18.4 Å². The number of hydrogen-bond donors (Lipinski definition) is 2. The summed E-state index contributed by atoms with van der Waals surface area (Å²) in [6.45, 7) is 3.82. The van der Waals surface area contributed by atoms with Crippen LogP contribution in [0.25, 0.3) is 0 Å². The van der Waals surface area contributed by atoms with Gasteiger partial charge >= 0.3 is 0 Å². The van der Waals surface area contributed by atoms with E-state index >= 15 is 0 Å². The normalized spacial score (nSPS) is 15.5. The molecule has 2 aromatic carbocycles. The molecule has 0 bridgehead atoms. The lowest BCUT2D eigenvalue weighted by molar-refractivity contribution is -0.130. The summed E-state index contributed by atoms with van der Waals surface area (Å²) in [4.78, 5) is 18.6. The SMILES string of the molecule is CCc1ccc(NC(N)=NCC(=O)N2CCC(Cc3ccccc3)CC2)cc1. The third-order valence-electron chi connectivity index (χ3n) is 5.35. The van der Waals surface area contributed by atoms with Gasteiger partial charge in [-0.05, 0) is 54.9 Å². The van der Waals surface area contributed by atoms with Gasteiger partial charge < -0.3 is 16.0 Å². The number of benzene rings is 2. The molecule has 1 saturated heterocycles. The Kier molecular flexibility index (Phi) is 7.06. The number of guanidine groups is 1. The van der Waals surface area contributed by atoms with E-state index in [0.717, 1.165) is 44.5 Å². The molecule has 1 aliphatic rings. The summed E-state index contributed by atoms with van der Waals surface area (Å²) in [5, 5.41) is 3.04. The van der Waals surface area contributed by atoms with Gasteiger partial charge in [0, 0.05) is 18.8 Å². The van der Waals surface area contributed by atoms with Crippen molar-refractivity contribution in [2.45, 2.75) is 32.6 Å². The van der Waals surface area contributed by atoms with Crippen LogP contribution >= 0.6 is 0 Å². The van der Waals surface area contributed by atoms with Gasteiger partial charge in [0.25, 0.3) is 0 Å². The third-order valence-corrected chi connectivity index (χ3v) is 5.35. The van der Waals surface area contributed by atoms with Gasteiger partial charge in [-0.3, -0.25) is 4.79 Å². The molecule has 0 saturated carbocycles. The molecule has 0 atom stereocenters. The number of rotatable bonds is 6. The van der Waals surface area contributed by atoms with Crippen LogP contribution in [0.1, 0.15) is 30.9 Å². The van der Waals surface area contributed by atoms with Gasteiger partial charge in [-0.2, -0.15) is 0 Å². The van der Waals surface area contributed by atoms with Crippen molar-refractivity contribution in [3.63, 3.8) is 0 Å². The van der Waals surface area contributed by atoms with E-state index in [4.69, 9.17) is 5.73 Å². The maximum atomic E-state index is 12.4. The minimum Gasteiger partial charge on any atom is -0.370 e. The molecule has 1 aliphatic heterocycles. The van der Waals surface area contributed by atoms with Crippen LogP contribution < -0.4 is 11.1 Å². The minimum absolute atomic E-state index is 0.0456. The monoisotopic (exact) mass is 378 g/mol. The number of aliphatic imine (C=N–C) groups is 1. The number of nitrogens with two attached hydrogens (primary N) is 1. The van der Waals surface area contributed by atoms with Gasteiger partial charge in [-0.15, -0.1) is 0 Å². The summed E-state index contributed by atoms with van der Waals surface area (Å²) in [5.74, 6) is 0.966. The van der Waals surface area contributed by atoms with Crippen LogP contribution in [-0.2, 0) is 17.6 Å². The largest absolute Gasteiger partial charge is 0.370 e. The lowest BCUT2D eigenvalue weighted by Gasteiger charge is -2.31. The second-order valence-electron chi connectivity index (χ2n) is 7.39. The number of anilines is 1. The van der Waals surface area contributed by atoms with Gasteiger partial charge in [0.05, 0.1) is 0 Å². The zero-order valence-electron chi connectivity index (χ0n) is 16.6. The quantitative estimate of drug-likeness (QED) is 0.597. The molecular weight excluding hydrogens is 348 g/mol. The fourth-order valence-corrected chi connectivity index (χ4v) is 3.60. The lowest BCUT2D eigenvalue weighted by Crippen LogP contribution is -2.40. The van der Waals surface area contributed by atoms with Crippen molar-refractivity contribution in [2.24, 2.45) is 16.6 Å². The number of hydrogen-bond acceptors (Lipinski definition) is 2. The minimum atomic E-state index is 0.0456. The molecule has 28 heavy (non-hydrogen) atoms. The van der Waals surface area contributed by atoms with Crippen LogP contribution in [0.2, 0.25) is 0 Å². The predicted molar refractivity (Wildman–Crippen MR) is 115 cm³/mol. The van der Waals surface area contributed by atoms with Crippen molar-refractivity contribution in [3.05, 3.63) is 65.7 Å². The number of nitrogens with one attached hydrogen (secondary N) is 1. The number of carbonyl (C=O) groups excluding carboxylic acids is 1. The highest BCUT2D eigenvalue weighted by Crippen LogP contribution is 2.21. The van der Waals surface area contributed by atoms with E-state index in [9.17, 15) is 4.79 Å². The number of piperidine rings is 1. The summed E-state index contributed by atoms with van der Waals surface area (Å²) >= 11 is 0. The molecule has 0 spiro atoms. The van der Waals surface area contributed by atoms with Gasteiger partial charge in [-0.25, -0.2) is 4.99 Å². The second kappa shape index (κ2) is 9.93. The van der Waals surface area contributed by atoms with E-state index in [2.05, 4.69) is 53.6 Å². The van der Waals surface area contributed by atoms with Crippen LogP contribution in [0.5, 0.6) is 0 Å². The first-order chi connectivity index (χ1) is 13.6. The van der Waals surface area contributed by atoms with Crippen LogP contribution in [-0.4, -0.2) is 36.4 Å². The van der Waals surface area contributed by atoms with E-state index in [1.165, 1.54) is 11.1 Å². The Labute approximate surface area is 167 Å². The number of likely N-dealkylation sites (tertiary alicyclic amines) is 1. The molecule has 5 nitrogen and oxygen atoms in total. The number of amides is 1. The van der Waals surface area contributed by atoms with Crippen LogP contribution in [0.3, 0.4) is 0 Å². The van der Waals surface area contributed by atoms with Gasteiger partial charge in [0.2, 0.25) is 5.91 Å². The first kappa shape index (κ1) is 19.9. The van der Waals surface area contributed by atoms with E-state index < -0.39 is 0 Å². The van der Waals surface area contributed by atoms with Crippen molar-refractivity contribution in [3.8, 4) is 0 Å². The topological polar surface area (TPSA) is 70.7 Å². The predicted octanol–water partition coefficient (Wildman–Crippen LogP) is 3.46. The Balaban J connectivity index is 1.42. The highest BCUT2D eigenvalue weighted by atomic mass is 16.2. The third kappa shape index (κ3) is 5.84. The van der Waals surface area contributed by atoms with Crippen molar-refractivity contribution in [1.29, 1.82) is 0 Å². The van der Waals surface area contributed by atoms with Crippen LogP contribution in [0.15, 0.2) is 59.6 Å². The Morgan fingerprint density at radius 2 is 1.75 bits per heavy atom. The van der Waals surface area contributed by atoms with E-state index in [1.54, 1.807) is 0 Å². The van der Waals surface area contributed by atoms with Gasteiger partial charge in [-0.1, -0.05) is 49.4 Å². The Morgan fingerprint density at radius 3 is 2.39 bits per heavy atom. The smallest absolute Gasteiger partial charge is 0.244 e.